The molecule has 1 atom stereocenters. The zero-order valence-corrected chi connectivity index (χ0v) is 14.1. The second-order valence-corrected chi connectivity index (χ2v) is 6.47. The number of thiophene rings is 1. The average Bonchev–Trinajstić information content (AvgIpc) is 3.16. The molecule has 0 fully saturated rings. The SMILES string of the molecule is CCNC(=NCC(O)c1ccc(Cl)s1)NCCn1cccc1. The zero-order valence-electron chi connectivity index (χ0n) is 12.5. The number of aliphatic hydroxyl groups excluding tert-OH is 1. The predicted octanol–water partition coefficient (Wildman–Crippen LogP) is 2.49. The van der Waals surface area contributed by atoms with Gasteiger partial charge in [-0.3, -0.25) is 4.99 Å². The maximum atomic E-state index is 10.1. The highest BCUT2D eigenvalue weighted by molar-refractivity contribution is 7.16. The predicted molar refractivity (Wildman–Crippen MR) is 92.7 cm³/mol. The van der Waals surface area contributed by atoms with Gasteiger partial charge in [0.25, 0.3) is 0 Å². The molecule has 120 valence electrons. The number of nitrogens with zero attached hydrogens (tertiary/aromatic N) is 2. The quantitative estimate of drug-likeness (QED) is 0.536. The van der Waals surface area contributed by atoms with Gasteiger partial charge in [-0.05, 0) is 31.2 Å². The Labute approximate surface area is 139 Å². The van der Waals surface area contributed by atoms with Crippen molar-refractivity contribution in [1.29, 1.82) is 0 Å². The lowest BCUT2D eigenvalue weighted by Gasteiger charge is -2.13. The fourth-order valence-electron chi connectivity index (χ4n) is 1.94. The van der Waals surface area contributed by atoms with E-state index in [4.69, 9.17) is 11.6 Å². The molecule has 5 nitrogen and oxygen atoms in total. The van der Waals surface area contributed by atoms with Gasteiger partial charge in [0.05, 0.1) is 10.9 Å². The third-order valence-corrected chi connectivity index (χ3v) is 4.35. The molecule has 0 saturated heterocycles. The largest absolute Gasteiger partial charge is 0.386 e. The molecule has 0 amide bonds. The van der Waals surface area contributed by atoms with Crippen molar-refractivity contribution in [3.05, 3.63) is 45.9 Å². The van der Waals surface area contributed by atoms with Crippen LogP contribution in [0.25, 0.3) is 0 Å². The molecule has 0 aliphatic rings. The monoisotopic (exact) mass is 340 g/mol. The minimum absolute atomic E-state index is 0.301. The first-order chi connectivity index (χ1) is 10.7. The van der Waals surface area contributed by atoms with E-state index in [-0.39, 0.29) is 0 Å². The molecule has 2 rings (SSSR count). The van der Waals surface area contributed by atoms with E-state index >= 15 is 0 Å². The molecule has 2 heterocycles. The molecule has 2 aromatic heterocycles. The molecule has 1 unspecified atom stereocenters. The summed E-state index contributed by atoms with van der Waals surface area (Å²) < 4.78 is 2.77. The summed E-state index contributed by atoms with van der Waals surface area (Å²) in [5, 5.41) is 16.5. The van der Waals surface area contributed by atoms with Crippen LogP contribution in [-0.4, -0.2) is 35.3 Å². The highest BCUT2D eigenvalue weighted by Crippen LogP contribution is 2.26. The lowest BCUT2D eigenvalue weighted by molar-refractivity contribution is 0.191. The Bertz CT molecular complexity index is 582. The molecule has 7 heteroatoms. The van der Waals surface area contributed by atoms with Gasteiger partial charge in [-0.2, -0.15) is 0 Å². The van der Waals surface area contributed by atoms with Crippen molar-refractivity contribution in [1.82, 2.24) is 15.2 Å². The number of hydrogen-bond acceptors (Lipinski definition) is 3. The van der Waals surface area contributed by atoms with E-state index in [2.05, 4.69) is 20.2 Å². The molecular formula is C15H21ClN4OS. The summed E-state index contributed by atoms with van der Waals surface area (Å²) >= 11 is 7.26. The fraction of sp³-hybridized carbons (Fsp3) is 0.400. The maximum Gasteiger partial charge on any atom is 0.191 e. The third-order valence-electron chi connectivity index (χ3n) is 3.02. The summed E-state index contributed by atoms with van der Waals surface area (Å²) in [5.41, 5.74) is 0. The van der Waals surface area contributed by atoms with Gasteiger partial charge < -0.3 is 20.3 Å². The summed E-state index contributed by atoms with van der Waals surface area (Å²) in [5.74, 6) is 0.705. The van der Waals surface area contributed by atoms with Crippen molar-refractivity contribution in [2.45, 2.75) is 19.6 Å². The highest BCUT2D eigenvalue weighted by Gasteiger charge is 2.10. The Morgan fingerprint density at radius 1 is 1.36 bits per heavy atom. The van der Waals surface area contributed by atoms with Crippen molar-refractivity contribution in [2.24, 2.45) is 4.99 Å². The van der Waals surface area contributed by atoms with Crippen LogP contribution in [0.15, 0.2) is 41.7 Å². The first kappa shape index (κ1) is 16.9. The first-order valence-corrected chi connectivity index (χ1v) is 8.44. The average molecular weight is 341 g/mol. The van der Waals surface area contributed by atoms with E-state index in [0.29, 0.717) is 16.8 Å². The van der Waals surface area contributed by atoms with Crippen LogP contribution < -0.4 is 10.6 Å². The third kappa shape index (κ3) is 5.36. The van der Waals surface area contributed by atoms with Crippen LogP contribution in [0.5, 0.6) is 0 Å². The van der Waals surface area contributed by atoms with E-state index in [0.717, 1.165) is 24.5 Å². The van der Waals surface area contributed by atoms with Crippen LogP contribution >= 0.6 is 22.9 Å². The van der Waals surface area contributed by atoms with Crippen LogP contribution in [0.1, 0.15) is 17.9 Å². The summed E-state index contributed by atoms with van der Waals surface area (Å²) in [6.07, 6.45) is 3.42. The summed E-state index contributed by atoms with van der Waals surface area (Å²) in [4.78, 5) is 5.25. The summed E-state index contributed by atoms with van der Waals surface area (Å²) in [6, 6.07) is 7.62. The lowest BCUT2D eigenvalue weighted by atomic mass is 10.3. The van der Waals surface area contributed by atoms with Crippen LogP contribution in [0, 0.1) is 0 Å². The van der Waals surface area contributed by atoms with Gasteiger partial charge in [-0.15, -0.1) is 11.3 Å². The number of aliphatic imine (C=N–C) groups is 1. The second-order valence-electron chi connectivity index (χ2n) is 4.72. The Morgan fingerprint density at radius 2 is 2.14 bits per heavy atom. The highest BCUT2D eigenvalue weighted by atomic mass is 35.5. The fourth-order valence-corrected chi connectivity index (χ4v) is 2.98. The Kier molecular flexibility index (Phi) is 6.76. The minimum atomic E-state index is -0.627. The summed E-state index contributed by atoms with van der Waals surface area (Å²) in [6.45, 7) is 4.71. The van der Waals surface area contributed by atoms with Gasteiger partial charge >= 0.3 is 0 Å². The standard InChI is InChI=1S/C15H21ClN4OS/c1-2-17-15(18-7-10-20-8-3-4-9-20)19-11-12(21)13-5-6-14(16)22-13/h3-6,8-9,12,21H,2,7,10-11H2,1H3,(H2,17,18,19). The van der Waals surface area contributed by atoms with Crippen molar-refractivity contribution in [2.75, 3.05) is 19.6 Å². The number of guanidine groups is 1. The zero-order chi connectivity index (χ0) is 15.8. The topological polar surface area (TPSA) is 61.6 Å². The van der Waals surface area contributed by atoms with Gasteiger partial charge in [0.15, 0.2) is 5.96 Å². The van der Waals surface area contributed by atoms with Gasteiger partial charge in [0.1, 0.15) is 6.10 Å². The Morgan fingerprint density at radius 3 is 2.77 bits per heavy atom. The molecule has 22 heavy (non-hydrogen) atoms. The second kappa shape index (κ2) is 8.82. The Balaban J connectivity index is 1.83. The number of hydrogen-bond donors (Lipinski definition) is 3. The van der Waals surface area contributed by atoms with Crippen molar-refractivity contribution < 1.29 is 5.11 Å². The number of aliphatic hydroxyl groups is 1. The van der Waals surface area contributed by atoms with Gasteiger partial charge in [-0.25, -0.2) is 0 Å². The molecule has 0 bridgehead atoms. The van der Waals surface area contributed by atoms with E-state index < -0.39 is 6.10 Å². The normalized spacial score (nSPS) is 13.1. The maximum absolute atomic E-state index is 10.1. The van der Waals surface area contributed by atoms with E-state index in [9.17, 15) is 5.11 Å². The van der Waals surface area contributed by atoms with E-state index in [1.165, 1.54) is 11.3 Å². The molecule has 0 aliphatic carbocycles. The smallest absolute Gasteiger partial charge is 0.191 e. The molecular weight excluding hydrogens is 320 g/mol. The molecule has 0 radical (unpaired) electrons. The molecule has 2 aromatic rings. The number of nitrogens with one attached hydrogen (secondary N) is 2. The summed E-state index contributed by atoms with van der Waals surface area (Å²) in [7, 11) is 0. The minimum Gasteiger partial charge on any atom is -0.386 e. The molecule has 0 saturated carbocycles. The molecule has 0 spiro atoms. The van der Waals surface area contributed by atoms with Gasteiger partial charge in [-0.1, -0.05) is 11.6 Å². The number of aromatic nitrogens is 1. The van der Waals surface area contributed by atoms with Gasteiger partial charge in [0.2, 0.25) is 0 Å². The van der Waals surface area contributed by atoms with Crippen LogP contribution in [0.2, 0.25) is 4.34 Å². The number of rotatable bonds is 7. The van der Waals surface area contributed by atoms with E-state index in [1.807, 2.05) is 37.5 Å². The van der Waals surface area contributed by atoms with E-state index in [1.54, 1.807) is 6.07 Å². The van der Waals surface area contributed by atoms with Crippen molar-refractivity contribution in [3.63, 3.8) is 0 Å². The van der Waals surface area contributed by atoms with Crippen LogP contribution in [-0.2, 0) is 6.54 Å². The van der Waals surface area contributed by atoms with Crippen LogP contribution in [0.3, 0.4) is 0 Å². The first-order valence-electron chi connectivity index (χ1n) is 7.25. The van der Waals surface area contributed by atoms with Crippen molar-refractivity contribution in [3.8, 4) is 0 Å². The van der Waals surface area contributed by atoms with Gasteiger partial charge in [0, 0.05) is 36.9 Å². The molecule has 0 aliphatic heterocycles. The van der Waals surface area contributed by atoms with Crippen LogP contribution in [0.4, 0.5) is 0 Å². The Hall–Kier alpha value is -1.50. The number of halogens is 1. The molecule has 0 aromatic carbocycles. The molecule has 3 N–H and O–H groups in total. The van der Waals surface area contributed by atoms with Crippen molar-refractivity contribution >= 4 is 28.9 Å². The lowest BCUT2D eigenvalue weighted by Crippen LogP contribution is -2.39.